The number of rotatable bonds is 4. The molecular weight excluding hydrogens is 349 g/mol. The van der Waals surface area contributed by atoms with Crippen LogP contribution in [0.2, 0.25) is 0 Å². The van der Waals surface area contributed by atoms with E-state index >= 15 is 0 Å². The standard InChI is InChI=1S/C14H15NO2S.C7H7F/c1-2-10(7-8-14(16)15-17)13-9-11-5-3-4-6-12(11)18-13;1-6-4-2-3-5-7(6)8/h2-6,9,17H,7-8H2,1H3,(H,15,16);2-5H,1H3/b10-2+;. The van der Waals surface area contributed by atoms with Gasteiger partial charge in [0.05, 0.1) is 0 Å². The Morgan fingerprint density at radius 1 is 1.15 bits per heavy atom. The molecule has 2 aromatic carbocycles. The third-order valence-electron chi connectivity index (χ3n) is 3.91. The molecule has 0 aliphatic carbocycles. The maximum absolute atomic E-state index is 12.3. The van der Waals surface area contributed by atoms with Crippen LogP contribution in [0.25, 0.3) is 15.7 Å². The molecule has 0 saturated heterocycles. The van der Waals surface area contributed by atoms with Crippen LogP contribution in [0.15, 0.2) is 60.7 Å². The van der Waals surface area contributed by atoms with Gasteiger partial charge in [0.25, 0.3) is 0 Å². The summed E-state index contributed by atoms with van der Waals surface area (Å²) < 4.78 is 13.6. The molecule has 3 nitrogen and oxygen atoms in total. The molecule has 0 aliphatic heterocycles. The Kier molecular flexibility index (Phi) is 7.51. The highest BCUT2D eigenvalue weighted by Gasteiger charge is 2.08. The molecule has 1 amide bonds. The number of halogens is 1. The van der Waals surface area contributed by atoms with E-state index in [0.717, 1.165) is 5.57 Å². The first-order chi connectivity index (χ1) is 12.5. The third kappa shape index (κ3) is 5.51. The number of thiophene rings is 1. The van der Waals surface area contributed by atoms with E-state index in [1.807, 2.05) is 31.2 Å². The number of amides is 1. The Morgan fingerprint density at radius 3 is 2.42 bits per heavy atom. The highest BCUT2D eigenvalue weighted by molar-refractivity contribution is 7.20. The smallest absolute Gasteiger partial charge is 0.243 e. The zero-order chi connectivity index (χ0) is 18.9. The zero-order valence-electron chi connectivity index (χ0n) is 14.8. The number of fused-ring (bicyclic) bond motifs is 1. The van der Waals surface area contributed by atoms with Gasteiger partial charge in [-0.25, -0.2) is 9.87 Å². The minimum Gasteiger partial charge on any atom is -0.289 e. The third-order valence-corrected chi connectivity index (χ3v) is 5.10. The summed E-state index contributed by atoms with van der Waals surface area (Å²) >= 11 is 1.73. The molecule has 0 aliphatic rings. The molecule has 26 heavy (non-hydrogen) atoms. The lowest BCUT2D eigenvalue weighted by Gasteiger charge is -2.03. The van der Waals surface area contributed by atoms with Gasteiger partial charge in [-0.3, -0.25) is 10.0 Å². The molecule has 5 heteroatoms. The molecule has 3 aromatic rings. The van der Waals surface area contributed by atoms with Crippen molar-refractivity contribution in [2.45, 2.75) is 26.7 Å². The topological polar surface area (TPSA) is 49.3 Å². The predicted molar refractivity (Wildman–Crippen MR) is 106 cm³/mol. The first kappa shape index (κ1) is 19.8. The van der Waals surface area contributed by atoms with Crippen LogP contribution in [0, 0.1) is 12.7 Å². The quantitative estimate of drug-likeness (QED) is 0.455. The molecule has 0 spiro atoms. The second-order valence-corrected chi connectivity index (χ2v) is 6.83. The summed E-state index contributed by atoms with van der Waals surface area (Å²) in [6.07, 6.45) is 2.95. The van der Waals surface area contributed by atoms with E-state index in [2.05, 4.69) is 18.2 Å². The summed E-state index contributed by atoms with van der Waals surface area (Å²) in [5, 5.41) is 9.71. The van der Waals surface area contributed by atoms with E-state index in [1.54, 1.807) is 35.9 Å². The molecule has 0 atom stereocenters. The number of carbonyl (C=O) groups excluding carboxylic acids is 1. The maximum atomic E-state index is 12.3. The van der Waals surface area contributed by atoms with Crippen molar-refractivity contribution in [2.24, 2.45) is 0 Å². The lowest BCUT2D eigenvalue weighted by atomic mass is 10.1. The number of allylic oxidation sites excluding steroid dienone is 2. The molecule has 1 heterocycles. The van der Waals surface area contributed by atoms with Crippen LogP contribution in [0.5, 0.6) is 0 Å². The lowest BCUT2D eigenvalue weighted by molar-refractivity contribution is -0.129. The molecule has 0 bridgehead atoms. The largest absolute Gasteiger partial charge is 0.289 e. The normalized spacial score (nSPS) is 11.0. The van der Waals surface area contributed by atoms with Gasteiger partial charge in [-0.15, -0.1) is 11.3 Å². The van der Waals surface area contributed by atoms with E-state index in [4.69, 9.17) is 5.21 Å². The predicted octanol–water partition coefficient (Wildman–Crippen LogP) is 5.72. The van der Waals surface area contributed by atoms with E-state index in [9.17, 15) is 9.18 Å². The first-order valence-electron chi connectivity index (χ1n) is 8.33. The molecule has 2 N–H and O–H groups in total. The van der Waals surface area contributed by atoms with E-state index in [-0.39, 0.29) is 11.7 Å². The molecule has 0 fully saturated rings. The van der Waals surface area contributed by atoms with E-state index < -0.39 is 0 Å². The maximum Gasteiger partial charge on any atom is 0.243 e. The fourth-order valence-electron chi connectivity index (χ4n) is 2.41. The van der Waals surface area contributed by atoms with Crippen molar-refractivity contribution in [1.82, 2.24) is 5.48 Å². The van der Waals surface area contributed by atoms with Crippen LogP contribution >= 0.6 is 11.3 Å². The minimum absolute atomic E-state index is 0.132. The molecular formula is C21H22FNO2S. The Bertz CT molecular complexity index is 848. The van der Waals surface area contributed by atoms with Crippen LogP contribution < -0.4 is 5.48 Å². The monoisotopic (exact) mass is 371 g/mol. The first-order valence-corrected chi connectivity index (χ1v) is 9.15. The Balaban J connectivity index is 0.000000254. The van der Waals surface area contributed by atoms with Gasteiger partial charge in [-0.05, 0) is 55.0 Å². The van der Waals surface area contributed by atoms with Gasteiger partial charge in [0.15, 0.2) is 0 Å². The summed E-state index contributed by atoms with van der Waals surface area (Å²) in [5.41, 5.74) is 3.50. The Hall–Kier alpha value is -2.50. The second kappa shape index (κ2) is 9.85. The number of aryl methyl sites for hydroxylation is 1. The van der Waals surface area contributed by atoms with E-state index in [1.165, 1.54) is 21.0 Å². The van der Waals surface area contributed by atoms with Crippen molar-refractivity contribution in [3.8, 4) is 0 Å². The highest BCUT2D eigenvalue weighted by atomic mass is 32.1. The van der Waals surface area contributed by atoms with Crippen molar-refractivity contribution in [3.05, 3.63) is 76.9 Å². The number of hydroxylamine groups is 1. The summed E-state index contributed by atoms with van der Waals surface area (Å²) in [7, 11) is 0. The fourth-order valence-corrected chi connectivity index (χ4v) is 3.57. The van der Waals surface area contributed by atoms with Crippen molar-refractivity contribution in [2.75, 3.05) is 0 Å². The van der Waals surface area contributed by atoms with Crippen LogP contribution in [-0.2, 0) is 4.79 Å². The molecule has 0 unspecified atom stereocenters. The van der Waals surface area contributed by atoms with Gasteiger partial charge in [0, 0.05) is 16.0 Å². The molecule has 0 saturated carbocycles. The Labute approximate surface area is 156 Å². The van der Waals surface area contributed by atoms with Crippen LogP contribution in [0.4, 0.5) is 4.39 Å². The van der Waals surface area contributed by atoms with Gasteiger partial charge in [0.1, 0.15) is 5.82 Å². The summed E-state index contributed by atoms with van der Waals surface area (Å²) in [5.74, 6) is -0.483. The van der Waals surface area contributed by atoms with Crippen LogP contribution in [0.3, 0.4) is 0 Å². The number of hydrogen-bond donors (Lipinski definition) is 2. The van der Waals surface area contributed by atoms with Crippen LogP contribution in [-0.4, -0.2) is 11.1 Å². The average molecular weight is 371 g/mol. The van der Waals surface area contributed by atoms with Gasteiger partial charge in [-0.1, -0.05) is 42.5 Å². The number of hydrogen-bond acceptors (Lipinski definition) is 3. The average Bonchev–Trinajstić information content (AvgIpc) is 3.09. The Morgan fingerprint density at radius 2 is 1.85 bits per heavy atom. The van der Waals surface area contributed by atoms with E-state index in [0.29, 0.717) is 18.4 Å². The summed E-state index contributed by atoms with van der Waals surface area (Å²) in [6, 6.07) is 17.1. The minimum atomic E-state index is -0.351. The van der Waals surface area contributed by atoms with Crippen molar-refractivity contribution < 1.29 is 14.4 Å². The molecule has 1 aromatic heterocycles. The van der Waals surface area contributed by atoms with Gasteiger partial charge >= 0.3 is 0 Å². The van der Waals surface area contributed by atoms with Crippen LogP contribution in [0.1, 0.15) is 30.2 Å². The fraction of sp³-hybridized carbons (Fsp3) is 0.190. The summed E-state index contributed by atoms with van der Waals surface area (Å²) in [6.45, 7) is 3.71. The second-order valence-electron chi connectivity index (χ2n) is 5.75. The molecule has 0 radical (unpaired) electrons. The summed E-state index contributed by atoms with van der Waals surface area (Å²) in [4.78, 5) is 12.2. The molecule has 3 rings (SSSR count). The van der Waals surface area contributed by atoms with Gasteiger partial charge in [0.2, 0.25) is 5.91 Å². The lowest BCUT2D eigenvalue weighted by Crippen LogP contribution is -2.17. The number of benzene rings is 2. The SMILES string of the molecule is C/C=C(\CCC(=O)NO)c1cc2ccccc2s1.Cc1ccccc1F. The van der Waals surface area contributed by atoms with Crippen molar-refractivity contribution in [3.63, 3.8) is 0 Å². The number of carbonyl (C=O) groups is 1. The molecule has 136 valence electrons. The van der Waals surface area contributed by atoms with Crippen molar-refractivity contribution in [1.29, 1.82) is 0 Å². The van der Waals surface area contributed by atoms with Gasteiger partial charge < -0.3 is 0 Å². The number of nitrogens with one attached hydrogen (secondary N) is 1. The zero-order valence-corrected chi connectivity index (χ0v) is 15.6. The van der Waals surface area contributed by atoms with Gasteiger partial charge in [-0.2, -0.15) is 0 Å². The highest BCUT2D eigenvalue weighted by Crippen LogP contribution is 2.32. The van der Waals surface area contributed by atoms with Crippen molar-refractivity contribution >= 4 is 32.9 Å².